The highest BCUT2D eigenvalue weighted by Crippen LogP contribution is 2.28. The van der Waals surface area contributed by atoms with Crippen molar-refractivity contribution in [2.45, 2.75) is 19.9 Å². The predicted octanol–water partition coefficient (Wildman–Crippen LogP) is 3.07. The molecule has 96 valence electrons. The van der Waals surface area contributed by atoms with E-state index in [4.69, 9.17) is 23.2 Å². The van der Waals surface area contributed by atoms with Crippen LogP contribution in [0.5, 0.6) is 0 Å². The fourth-order valence-electron chi connectivity index (χ4n) is 1.86. The topological polar surface area (TPSA) is 49.4 Å². The van der Waals surface area contributed by atoms with E-state index in [-0.39, 0.29) is 11.8 Å². The zero-order chi connectivity index (χ0) is 13.4. The molecule has 18 heavy (non-hydrogen) atoms. The zero-order valence-electron chi connectivity index (χ0n) is 9.91. The number of nitrogens with zero attached hydrogens (tertiary/aromatic N) is 1. The van der Waals surface area contributed by atoms with E-state index >= 15 is 0 Å². The predicted molar refractivity (Wildman–Crippen MR) is 71.1 cm³/mol. The molecule has 0 radical (unpaired) electrons. The van der Waals surface area contributed by atoms with Crippen molar-refractivity contribution >= 4 is 40.8 Å². The molecule has 0 bridgehead atoms. The van der Waals surface area contributed by atoms with Crippen LogP contribution in [-0.4, -0.2) is 18.0 Å². The summed E-state index contributed by atoms with van der Waals surface area (Å²) in [5, 5.41) is 3.40. The van der Waals surface area contributed by atoms with Crippen molar-refractivity contribution < 1.29 is 9.59 Å². The number of amides is 3. The van der Waals surface area contributed by atoms with E-state index in [1.807, 2.05) is 13.8 Å². The van der Waals surface area contributed by atoms with Gasteiger partial charge in [-0.1, -0.05) is 37.0 Å². The molecule has 1 fully saturated rings. The number of carbonyl (C=O) groups excluding carboxylic acids is 2. The molecular formula is C12H12Cl2N2O2. The van der Waals surface area contributed by atoms with Gasteiger partial charge in [0, 0.05) is 10.0 Å². The first-order valence-electron chi connectivity index (χ1n) is 5.50. The maximum Gasteiger partial charge on any atom is 0.329 e. The van der Waals surface area contributed by atoms with E-state index in [1.165, 1.54) is 12.1 Å². The van der Waals surface area contributed by atoms with Crippen molar-refractivity contribution in [3.63, 3.8) is 0 Å². The van der Waals surface area contributed by atoms with Gasteiger partial charge < -0.3 is 5.32 Å². The van der Waals surface area contributed by atoms with Crippen LogP contribution in [0.2, 0.25) is 10.0 Å². The quantitative estimate of drug-likeness (QED) is 0.850. The summed E-state index contributed by atoms with van der Waals surface area (Å²) in [5.74, 6) is -0.255. The van der Waals surface area contributed by atoms with Crippen LogP contribution in [0, 0.1) is 5.92 Å². The van der Waals surface area contributed by atoms with Crippen LogP contribution in [0.1, 0.15) is 13.8 Å². The molecule has 1 N–H and O–H groups in total. The highest BCUT2D eigenvalue weighted by molar-refractivity contribution is 6.35. The van der Waals surface area contributed by atoms with Crippen molar-refractivity contribution in [2.75, 3.05) is 4.90 Å². The van der Waals surface area contributed by atoms with Gasteiger partial charge in [0.2, 0.25) is 0 Å². The molecule has 1 atom stereocenters. The van der Waals surface area contributed by atoms with Gasteiger partial charge in [0.25, 0.3) is 5.91 Å². The third kappa shape index (κ3) is 2.31. The number of benzene rings is 1. The molecule has 1 aliphatic heterocycles. The molecule has 2 rings (SSSR count). The number of urea groups is 1. The molecule has 0 saturated carbocycles. The lowest BCUT2D eigenvalue weighted by molar-refractivity contribution is -0.119. The van der Waals surface area contributed by atoms with Gasteiger partial charge in [-0.15, -0.1) is 0 Å². The van der Waals surface area contributed by atoms with E-state index in [0.29, 0.717) is 15.7 Å². The van der Waals surface area contributed by atoms with Crippen LogP contribution in [-0.2, 0) is 4.79 Å². The summed E-state index contributed by atoms with van der Waals surface area (Å²) < 4.78 is 0. The Bertz CT molecular complexity index is 497. The first-order valence-corrected chi connectivity index (χ1v) is 6.26. The highest BCUT2D eigenvalue weighted by Gasteiger charge is 2.40. The molecule has 0 aromatic heterocycles. The summed E-state index contributed by atoms with van der Waals surface area (Å²) in [6.07, 6.45) is 0. The molecule has 6 heteroatoms. The second-order valence-corrected chi connectivity index (χ2v) is 5.35. The van der Waals surface area contributed by atoms with Gasteiger partial charge in [0.05, 0.1) is 5.69 Å². The molecule has 0 spiro atoms. The number of imide groups is 1. The number of carbonyl (C=O) groups is 2. The summed E-state index contributed by atoms with van der Waals surface area (Å²) in [5.41, 5.74) is 0.387. The second kappa shape index (κ2) is 4.78. The highest BCUT2D eigenvalue weighted by atomic mass is 35.5. The Kier molecular flexibility index (Phi) is 3.50. The average molecular weight is 287 g/mol. The number of hydrogen-bond donors (Lipinski definition) is 1. The average Bonchev–Trinajstić information content (AvgIpc) is 2.52. The molecule has 1 saturated heterocycles. The molecule has 0 aliphatic carbocycles. The van der Waals surface area contributed by atoms with Crippen LogP contribution < -0.4 is 10.2 Å². The number of nitrogens with one attached hydrogen (secondary N) is 1. The first-order chi connectivity index (χ1) is 8.40. The molecule has 1 heterocycles. The molecular weight excluding hydrogens is 275 g/mol. The molecule has 4 nitrogen and oxygen atoms in total. The maximum atomic E-state index is 12.1. The van der Waals surface area contributed by atoms with Gasteiger partial charge in [-0.2, -0.15) is 0 Å². The van der Waals surface area contributed by atoms with Crippen LogP contribution in [0.3, 0.4) is 0 Å². The first kappa shape index (κ1) is 13.2. The standard InChI is InChI=1S/C12H12Cl2N2O2/c1-6(2)10-11(17)16(12(18)15-10)9-4-7(13)3-8(14)5-9/h3-6,10H,1-2H3,(H,15,18). The Balaban J connectivity index is 2.39. The van der Waals surface area contributed by atoms with Crippen LogP contribution in [0.4, 0.5) is 10.5 Å². The molecule has 1 unspecified atom stereocenters. The lowest BCUT2D eigenvalue weighted by Gasteiger charge is -2.15. The van der Waals surface area contributed by atoms with E-state index in [9.17, 15) is 9.59 Å². The van der Waals surface area contributed by atoms with Gasteiger partial charge in [-0.05, 0) is 24.1 Å². The van der Waals surface area contributed by atoms with Gasteiger partial charge >= 0.3 is 6.03 Å². The van der Waals surface area contributed by atoms with Crippen molar-refractivity contribution in [3.8, 4) is 0 Å². The fraction of sp³-hybridized carbons (Fsp3) is 0.333. The monoisotopic (exact) mass is 286 g/mol. The van der Waals surface area contributed by atoms with Gasteiger partial charge in [0.15, 0.2) is 0 Å². The zero-order valence-corrected chi connectivity index (χ0v) is 11.4. The van der Waals surface area contributed by atoms with Crippen molar-refractivity contribution in [1.82, 2.24) is 5.32 Å². The smallest absolute Gasteiger partial charge is 0.325 e. The van der Waals surface area contributed by atoms with Crippen molar-refractivity contribution in [2.24, 2.45) is 5.92 Å². The SMILES string of the molecule is CC(C)C1NC(=O)N(c2cc(Cl)cc(Cl)c2)C1=O. The van der Waals surface area contributed by atoms with Crippen molar-refractivity contribution in [1.29, 1.82) is 0 Å². The summed E-state index contributed by atoms with van der Waals surface area (Å²) in [6.45, 7) is 3.74. The summed E-state index contributed by atoms with van der Waals surface area (Å²) in [4.78, 5) is 25.0. The molecule has 1 aromatic carbocycles. The lowest BCUT2D eigenvalue weighted by Crippen LogP contribution is -2.34. The third-order valence-electron chi connectivity index (χ3n) is 2.74. The Morgan fingerprint density at radius 2 is 1.72 bits per heavy atom. The second-order valence-electron chi connectivity index (χ2n) is 4.47. The maximum absolute atomic E-state index is 12.1. The Hall–Kier alpha value is -1.26. The van der Waals surface area contributed by atoms with E-state index in [2.05, 4.69) is 5.32 Å². The molecule has 3 amide bonds. The molecule has 1 aromatic rings. The van der Waals surface area contributed by atoms with Crippen LogP contribution >= 0.6 is 23.2 Å². The number of hydrogen-bond acceptors (Lipinski definition) is 2. The molecule has 1 aliphatic rings. The fourth-order valence-corrected chi connectivity index (χ4v) is 2.38. The largest absolute Gasteiger partial charge is 0.329 e. The minimum atomic E-state index is -0.504. The van der Waals surface area contributed by atoms with Crippen LogP contribution in [0.25, 0.3) is 0 Å². The Labute approximate surface area is 115 Å². The summed E-state index contributed by atoms with van der Waals surface area (Å²) in [6, 6.07) is 3.67. The van der Waals surface area contributed by atoms with Gasteiger partial charge in [-0.25, -0.2) is 9.69 Å². The van der Waals surface area contributed by atoms with E-state index in [0.717, 1.165) is 4.90 Å². The van der Waals surface area contributed by atoms with Gasteiger partial charge in [-0.3, -0.25) is 4.79 Å². The van der Waals surface area contributed by atoms with Crippen molar-refractivity contribution in [3.05, 3.63) is 28.2 Å². The number of anilines is 1. The van der Waals surface area contributed by atoms with E-state index in [1.54, 1.807) is 6.07 Å². The summed E-state index contributed by atoms with van der Waals surface area (Å²) >= 11 is 11.7. The Morgan fingerprint density at radius 3 is 2.17 bits per heavy atom. The summed E-state index contributed by atoms with van der Waals surface area (Å²) in [7, 11) is 0. The minimum Gasteiger partial charge on any atom is -0.325 e. The normalized spacial score (nSPS) is 19.6. The van der Waals surface area contributed by atoms with Gasteiger partial charge in [0.1, 0.15) is 6.04 Å². The van der Waals surface area contributed by atoms with E-state index < -0.39 is 12.1 Å². The van der Waals surface area contributed by atoms with Crippen LogP contribution in [0.15, 0.2) is 18.2 Å². The minimum absolute atomic E-state index is 0.0288. The third-order valence-corrected chi connectivity index (χ3v) is 3.18. The Morgan fingerprint density at radius 1 is 1.17 bits per heavy atom. The lowest BCUT2D eigenvalue weighted by atomic mass is 10.0. The number of rotatable bonds is 2. The number of halogens is 2.